The van der Waals surface area contributed by atoms with E-state index in [-0.39, 0.29) is 48.0 Å². The van der Waals surface area contributed by atoms with Gasteiger partial charge in [0.15, 0.2) is 12.6 Å². The highest BCUT2D eigenvalue weighted by molar-refractivity contribution is 5.69. The molecule has 2 N–H and O–H groups in total. The van der Waals surface area contributed by atoms with Gasteiger partial charge in [-0.1, -0.05) is 43.6 Å². The number of unbranched alkanes of at least 4 members (excludes halogenated alkanes) is 3. The van der Waals surface area contributed by atoms with Crippen molar-refractivity contribution in [3.8, 4) is 11.8 Å². The van der Waals surface area contributed by atoms with Crippen molar-refractivity contribution in [3.63, 3.8) is 0 Å². The van der Waals surface area contributed by atoms with Crippen molar-refractivity contribution in [2.75, 3.05) is 26.9 Å². The Hall–Kier alpha value is -1.69. The van der Waals surface area contributed by atoms with Gasteiger partial charge in [-0.3, -0.25) is 4.79 Å². The smallest absolute Gasteiger partial charge is 0.305 e. The van der Waals surface area contributed by atoms with Gasteiger partial charge in [0, 0.05) is 32.0 Å². The van der Waals surface area contributed by atoms with Crippen molar-refractivity contribution in [1.82, 2.24) is 0 Å². The molecule has 0 radical (unpaired) electrons. The maximum absolute atomic E-state index is 11.7. The molecule has 2 saturated carbocycles. The number of ether oxygens (including phenoxy) is 5. The number of nitrogens with two attached hydrogens (primary N) is 1. The Morgan fingerprint density at radius 2 is 1.87 bits per heavy atom. The van der Waals surface area contributed by atoms with E-state index in [1.165, 1.54) is 26.4 Å². The molecule has 0 aromatic heterocycles. The molecule has 0 amide bonds. The molecule has 2 saturated heterocycles. The fourth-order valence-electron chi connectivity index (χ4n) is 8.09. The van der Waals surface area contributed by atoms with Gasteiger partial charge in [0.1, 0.15) is 0 Å². The summed E-state index contributed by atoms with van der Waals surface area (Å²) in [6.07, 6.45) is 24.4. The zero-order valence-corrected chi connectivity index (χ0v) is 28.4. The standard InChI is InChI=1S/C38H61NO6/c1-4-5-15-29(2)33(44-36-18-9-13-24-42-36)21-20-31-32-26-30(16-7-8-17-35(40)41-3)27-38(32,22-11-6-12-23-39)28-34(31)45-37-19-10-14-25-43-37/h16,20-21,29,31-34,36-37H,6-15,17-19,22-28,39H2,1-3H3/b21-20+,30-16+/t29-,31+,32+,33+,34+,36-,37?,38-/m0/s1. The lowest BCUT2D eigenvalue weighted by molar-refractivity contribution is -0.193. The normalized spacial score (nSPS) is 32.3. The van der Waals surface area contributed by atoms with Crippen LogP contribution in [0.3, 0.4) is 0 Å². The first-order chi connectivity index (χ1) is 22.0. The molecule has 1 unspecified atom stereocenters. The number of carbonyl (C=O) groups is 1. The fourth-order valence-corrected chi connectivity index (χ4v) is 8.09. The van der Waals surface area contributed by atoms with Crippen LogP contribution in [0, 0.1) is 35.0 Å². The lowest BCUT2D eigenvalue weighted by Crippen LogP contribution is -2.32. The quantitative estimate of drug-likeness (QED) is 0.0768. The SMILES string of the molecule is CC#CC[C@H](C)[C@@H](/C=C/[C@@H]1[C@H]2C/C(=C\CCCC(=O)OC)C[C@@]2(CCCCCN)C[C@H]1OC1CCCCO1)O[C@H]1CCCCO1. The third-order valence-corrected chi connectivity index (χ3v) is 10.6. The second kappa shape index (κ2) is 19.2. The summed E-state index contributed by atoms with van der Waals surface area (Å²) in [5.41, 5.74) is 7.63. The van der Waals surface area contributed by atoms with Crippen LogP contribution in [0.5, 0.6) is 0 Å². The van der Waals surface area contributed by atoms with E-state index in [1.54, 1.807) is 5.57 Å². The molecule has 45 heavy (non-hydrogen) atoms. The van der Waals surface area contributed by atoms with E-state index in [1.807, 2.05) is 6.92 Å². The Morgan fingerprint density at radius 3 is 2.56 bits per heavy atom. The lowest BCUT2D eigenvalue weighted by Gasteiger charge is -2.31. The summed E-state index contributed by atoms with van der Waals surface area (Å²) in [6, 6.07) is 0. The molecule has 4 aliphatic rings. The Bertz CT molecular complexity index is 1000. The monoisotopic (exact) mass is 627 g/mol. The minimum absolute atomic E-state index is 0.0604. The van der Waals surface area contributed by atoms with Gasteiger partial charge in [0.05, 0.1) is 19.3 Å². The summed E-state index contributed by atoms with van der Waals surface area (Å²) in [4.78, 5) is 11.7. The Balaban J connectivity index is 1.57. The van der Waals surface area contributed by atoms with Crippen molar-refractivity contribution >= 4 is 5.97 Å². The largest absolute Gasteiger partial charge is 0.469 e. The molecule has 7 heteroatoms. The number of rotatable bonds is 17. The maximum atomic E-state index is 11.7. The molecular weight excluding hydrogens is 566 g/mol. The van der Waals surface area contributed by atoms with E-state index in [4.69, 9.17) is 29.4 Å². The Labute approximate surface area is 273 Å². The molecule has 2 aliphatic carbocycles. The molecule has 254 valence electrons. The van der Waals surface area contributed by atoms with Gasteiger partial charge < -0.3 is 29.4 Å². The van der Waals surface area contributed by atoms with E-state index >= 15 is 0 Å². The Morgan fingerprint density at radius 1 is 1.09 bits per heavy atom. The zero-order chi connectivity index (χ0) is 31.9. The second-order valence-corrected chi connectivity index (χ2v) is 13.9. The molecule has 0 spiro atoms. The third-order valence-electron chi connectivity index (χ3n) is 10.6. The van der Waals surface area contributed by atoms with Gasteiger partial charge in [-0.25, -0.2) is 0 Å². The molecule has 2 aliphatic heterocycles. The van der Waals surface area contributed by atoms with Crippen molar-refractivity contribution < 1.29 is 28.5 Å². The highest BCUT2D eigenvalue weighted by Gasteiger charge is 2.56. The molecule has 7 nitrogen and oxygen atoms in total. The van der Waals surface area contributed by atoms with Gasteiger partial charge in [-0.15, -0.1) is 11.8 Å². The van der Waals surface area contributed by atoms with Crippen molar-refractivity contribution in [2.45, 2.75) is 148 Å². The number of allylic oxidation sites excluding steroid dienone is 2. The number of carbonyl (C=O) groups excluding carboxylic acids is 1. The van der Waals surface area contributed by atoms with E-state index in [0.717, 1.165) is 103 Å². The molecule has 8 atom stereocenters. The predicted molar refractivity (Wildman–Crippen MR) is 178 cm³/mol. The summed E-state index contributed by atoms with van der Waals surface area (Å²) in [7, 11) is 1.47. The Kier molecular flexibility index (Phi) is 15.4. The summed E-state index contributed by atoms with van der Waals surface area (Å²) < 4.78 is 30.5. The number of hydrogen-bond donors (Lipinski definition) is 1. The maximum Gasteiger partial charge on any atom is 0.305 e. The van der Waals surface area contributed by atoms with E-state index in [2.05, 4.69) is 37.0 Å². The van der Waals surface area contributed by atoms with Crippen LogP contribution >= 0.6 is 0 Å². The fraction of sp³-hybridized carbons (Fsp3) is 0.816. The molecule has 0 bridgehead atoms. The summed E-state index contributed by atoms with van der Waals surface area (Å²) in [5, 5.41) is 0. The van der Waals surface area contributed by atoms with Crippen LogP contribution in [-0.4, -0.2) is 57.6 Å². The van der Waals surface area contributed by atoms with Crippen LogP contribution in [0.2, 0.25) is 0 Å². The predicted octanol–water partition coefficient (Wildman–Crippen LogP) is 7.62. The van der Waals surface area contributed by atoms with Gasteiger partial charge in [-0.05, 0) is 114 Å². The molecule has 2 heterocycles. The van der Waals surface area contributed by atoms with Crippen molar-refractivity contribution in [3.05, 3.63) is 23.8 Å². The first kappa shape index (κ1) is 36.2. The minimum atomic E-state index is -0.149. The highest BCUT2D eigenvalue weighted by Crippen LogP contribution is 2.62. The van der Waals surface area contributed by atoms with Crippen LogP contribution < -0.4 is 5.73 Å². The number of hydrogen-bond acceptors (Lipinski definition) is 7. The van der Waals surface area contributed by atoms with Crippen molar-refractivity contribution in [1.29, 1.82) is 0 Å². The van der Waals surface area contributed by atoms with Crippen molar-refractivity contribution in [2.24, 2.45) is 28.9 Å². The average Bonchev–Trinajstić information content (AvgIpc) is 3.54. The highest BCUT2D eigenvalue weighted by atomic mass is 16.7. The number of methoxy groups -OCH3 is 1. The average molecular weight is 628 g/mol. The molecular formula is C38H61NO6. The summed E-state index contributed by atoms with van der Waals surface area (Å²) >= 11 is 0. The van der Waals surface area contributed by atoms with E-state index in [0.29, 0.717) is 12.3 Å². The van der Waals surface area contributed by atoms with Crippen LogP contribution in [0.25, 0.3) is 0 Å². The number of fused-ring (bicyclic) bond motifs is 1. The molecule has 4 fully saturated rings. The molecule has 0 aromatic carbocycles. The minimum Gasteiger partial charge on any atom is -0.469 e. The summed E-state index contributed by atoms with van der Waals surface area (Å²) in [5.74, 6) is 7.28. The summed E-state index contributed by atoms with van der Waals surface area (Å²) in [6.45, 7) is 6.47. The molecule has 0 aromatic rings. The van der Waals surface area contributed by atoms with E-state index in [9.17, 15) is 4.79 Å². The third kappa shape index (κ3) is 10.9. The van der Waals surface area contributed by atoms with Gasteiger partial charge in [-0.2, -0.15) is 0 Å². The van der Waals surface area contributed by atoms with Gasteiger partial charge >= 0.3 is 5.97 Å². The van der Waals surface area contributed by atoms with E-state index < -0.39 is 0 Å². The molecule has 4 rings (SSSR count). The first-order valence-electron chi connectivity index (χ1n) is 18.0. The van der Waals surface area contributed by atoms with Gasteiger partial charge in [0.25, 0.3) is 0 Å². The van der Waals surface area contributed by atoms with Crippen LogP contribution in [0.1, 0.15) is 123 Å². The lowest BCUT2D eigenvalue weighted by atomic mass is 9.74. The van der Waals surface area contributed by atoms with Crippen LogP contribution in [-0.2, 0) is 28.5 Å². The topological polar surface area (TPSA) is 89.2 Å². The zero-order valence-electron chi connectivity index (χ0n) is 28.4. The van der Waals surface area contributed by atoms with Crippen LogP contribution in [0.4, 0.5) is 0 Å². The first-order valence-corrected chi connectivity index (χ1v) is 18.0. The number of esters is 1. The van der Waals surface area contributed by atoms with Gasteiger partial charge in [0.2, 0.25) is 0 Å². The van der Waals surface area contributed by atoms with Crippen LogP contribution in [0.15, 0.2) is 23.8 Å². The second-order valence-electron chi connectivity index (χ2n) is 13.9.